The highest BCUT2D eigenvalue weighted by Gasteiger charge is 2.15. The SMILES string of the molecule is Cc1ccccc1NC(=O)c1cc(N(Cc2ccccc2)C(C)C)ccn1. The van der Waals surface area contributed by atoms with E-state index in [-0.39, 0.29) is 5.91 Å². The average molecular weight is 359 g/mol. The van der Waals surface area contributed by atoms with Crippen molar-refractivity contribution in [1.82, 2.24) is 4.98 Å². The van der Waals surface area contributed by atoms with Gasteiger partial charge in [0.15, 0.2) is 0 Å². The molecule has 0 unspecified atom stereocenters. The summed E-state index contributed by atoms with van der Waals surface area (Å²) in [6.07, 6.45) is 1.70. The largest absolute Gasteiger partial charge is 0.365 e. The highest BCUT2D eigenvalue weighted by atomic mass is 16.1. The van der Waals surface area contributed by atoms with E-state index in [1.54, 1.807) is 6.20 Å². The van der Waals surface area contributed by atoms with Crippen LogP contribution in [0.4, 0.5) is 11.4 Å². The molecule has 1 aromatic heterocycles. The Morgan fingerprint density at radius 2 is 1.74 bits per heavy atom. The van der Waals surface area contributed by atoms with Crippen molar-refractivity contribution >= 4 is 17.3 Å². The summed E-state index contributed by atoms with van der Waals surface area (Å²) in [5.41, 5.74) is 4.46. The fraction of sp³-hybridized carbons (Fsp3) is 0.217. The molecule has 27 heavy (non-hydrogen) atoms. The monoisotopic (exact) mass is 359 g/mol. The first kappa shape index (κ1) is 18.6. The van der Waals surface area contributed by atoms with Crippen molar-refractivity contribution in [2.45, 2.75) is 33.4 Å². The van der Waals surface area contributed by atoms with Gasteiger partial charge in [-0.15, -0.1) is 0 Å². The van der Waals surface area contributed by atoms with Gasteiger partial charge in [-0.05, 0) is 50.1 Å². The number of aryl methyl sites for hydroxylation is 1. The minimum atomic E-state index is -0.199. The number of carbonyl (C=O) groups excluding carboxylic acids is 1. The second-order valence-corrected chi connectivity index (χ2v) is 6.88. The summed E-state index contributed by atoms with van der Waals surface area (Å²) in [6.45, 7) is 7.05. The molecule has 3 rings (SSSR count). The minimum Gasteiger partial charge on any atom is -0.365 e. The summed E-state index contributed by atoms with van der Waals surface area (Å²) in [4.78, 5) is 19.2. The number of para-hydroxylation sites is 1. The molecule has 0 bridgehead atoms. The van der Waals surface area contributed by atoms with Gasteiger partial charge in [0.05, 0.1) is 0 Å². The number of nitrogens with one attached hydrogen (secondary N) is 1. The molecule has 0 fully saturated rings. The van der Waals surface area contributed by atoms with E-state index in [1.165, 1.54) is 5.56 Å². The quantitative estimate of drug-likeness (QED) is 0.669. The Hall–Kier alpha value is -3.14. The van der Waals surface area contributed by atoms with E-state index >= 15 is 0 Å². The lowest BCUT2D eigenvalue weighted by molar-refractivity contribution is 0.102. The van der Waals surface area contributed by atoms with Gasteiger partial charge in [0.2, 0.25) is 0 Å². The van der Waals surface area contributed by atoms with Crippen LogP contribution in [0, 0.1) is 6.92 Å². The highest BCUT2D eigenvalue weighted by molar-refractivity contribution is 6.03. The number of rotatable bonds is 6. The molecule has 1 N–H and O–H groups in total. The molecule has 0 aliphatic rings. The summed E-state index contributed by atoms with van der Waals surface area (Å²) in [5.74, 6) is -0.199. The molecule has 1 amide bonds. The molecule has 4 nitrogen and oxygen atoms in total. The molecular formula is C23H25N3O. The van der Waals surface area contributed by atoms with Gasteiger partial charge in [0, 0.05) is 30.2 Å². The van der Waals surface area contributed by atoms with Crippen molar-refractivity contribution in [3.63, 3.8) is 0 Å². The third kappa shape index (κ3) is 4.73. The van der Waals surface area contributed by atoms with Crippen molar-refractivity contribution in [3.8, 4) is 0 Å². The second-order valence-electron chi connectivity index (χ2n) is 6.88. The molecule has 0 saturated carbocycles. The van der Waals surface area contributed by atoms with Crippen LogP contribution >= 0.6 is 0 Å². The zero-order valence-corrected chi connectivity index (χ0v) is 16.0. The Balaban J connectivity index is 1.82. The van der Waals surface area contributed by atoms with Crippen LogP contribution in [0.5, 0.6) is 0 Å². The number of pyridine rings is 1. The lowest BCUT2D eigenvalue weighted by Gasteiger charge is -2.29. The van der Waals surface area contributed by atoms with E-state index in [9.17, 15) is 4.79 Å². The molecule has 1 heterocycles. The zero-order chi connectivity index (χ0) is 19.2. The Bertz CT molecular complexity index is 906. The van der Waals surface area contributed by atoms with Crippen molar-refractivity contribution in [3.05, 3.63) is 89.7 Å². The number of hydrogen-bond acceptors (Lipinski definition) is 3. The van der Waals surface area contributed by atoms with Gasteiger partial charge in [0.1, 0.15) is 5.69 Å². The Labute approximate surface area is 160 Å². The fourth-order valence-corrected chi connectivity index (χ4v) is 2.97. The molecule has 3 aromatic rings. The molecule has 0 spiro atoms. The van der Waals surface area contributed by atoms with Gasteiger partial charge in [-0.2, -0.15) is 0 Å². The standard InChI is InChI=1S/C23H25N3O/c1-17(2)26(16-19-10-5-4-6-11-19)20-13-14-24-22(15-20)23(27)25-21-12-8-7-9-18(21)3/h4-15,17H,16H2,1-3H3,(H,25,27). The van der Waals surface area contributed by atoms with Crippen LogP contribution in [0.1, 0.15) is 35.5 Å². The molecule has 0 aliphatic heterocycles. The van der Waals surface area contributed by atoms with Gasteiger partial charge in [-0.25, -0.2) is 0 Å². The van der Waals surface area contributed by atoms with Crippen LogP contribution in [-0.4, -0.2) is 16.9 Å². The maximum atomic E-state index is 12.7. The molecular weight excluding hydrogens is 334 g/mol. The molecule has 2 aromatic carbocycles. The van der Waals surface area contributed by atoms with Gasteiger partial charge in [-0.3, -0.25) is 9.78 Å². The van der Waals surface area contributed by atoms with Crippen LogP contribution < -0.4 is 10.2 Å². The number of amides is 1. The third-order valence-electron chi connectivity index (χ3n) is 4.52. The summed E-state index contributed by atoms with van der Waals surface area (Å²) in [5, 5.41) is 2.95. The van der Waals surface area contributed by atoms with E-state index in [0.29, 0.717) is 11.7 Å². The van der Waals surface area contributed by atoms with Crippen LogP contribution in [-0.2, 0) is 6.54 Å². The summed E-state index contributed by atoms with van der Waals surface area (Å²) in [7, 11) is 0. The topological polar surface area (TPSA) is 45.2 Å². The first-order valence-electron chi connectivity index (χ1n) is 9.18. The van der Waals surface area contributed by atoms with Crippen LogP contribution in [0.2, 0.25) is 0 Å². The van der Waals surface area contributed by atoms with Crippen LogP contribution in [0.25, 0.3) is 0 Å². The Kier molecular flexibility index (Phi) is 5.87. The summed E-state index contributed by atoms with van der Waals surface area (Å²) < 4.78 is 0. The predicted octanol–water partition coefficient (Wildman–Crippen LogP) is 5.06. The second kappa shape index (κ2) is 8.49. The van der Waals surface area contributed by atoms with Crippen molar-refractivity contribution < 1.29 is 4.79 Å². The van der Waals surface area contributed by atoms with E-state index in [1.807, 2.05) is 61.5 Å². The molecule has 0 aliphatic carbocycles. The third-order valence-corrected chi connectivity index (χ3v) is 4.52. The summed E-state index contributed by atoms with van der Waals surface area (Å²) in [6, 6.07) is 22.2. The predicted molar refractivity (Wildman–Crippen MR) is 111 cm³/mol. The van der Waals surface area contributed by atoms with E-state index in [2.05, 4.69) is 41.2 Å². The number of anilines is 2. The lowest BCUT2D eigenvalue weighted by Crippen LogP contribution is -2.30. The molecule has 138 valence electrons. The Morgan fingerprint density at radius 3 is 2.44 bits per heavy atom. The first-order valence-corrected chi connectivity index (χ1v) is 9.18. The van der Waals surface area contributed by atoms with Crippen molar-refractivity contribution in [2.75, 3.05) is 10.2 Å². The number of aromatic nitrogens is 1. The van der Waals surface area contributed by atoms with Crippen LogP contribution in [0.3, 0.4) is 0 Å². The normalized spacial score (nSPS) is 10.7. The van der Waals surface area contributed by atoms with Crippen molar-refractivity contribution in [2.24, 2.45) is 0 Å². The lowest BCUT2D eigenvalue weighted by atomic mass is 10.1. The van der Waals surface area contributed by atoms with Gasteiger partial charge >= 0.3 is 0 Å². The molecule has 0 atom stereocenters. The molecule has 0 radical (unpaired) electrons. The maximum Gasteiger partial charge on any atom is 0.274 e. The van der Waals surface area contributed by atoms with Crippen molar-refractivity contribution in [1.29, 1.82) is 0 Å². The number of carbonyl (C=O) groups is 1. The zero-order valence-electron chi connectivity index (χ0n) is 16.0. The van der Waals surface area contributed by atoms with Gasteiger partial charge < -0.3 is 10.2 Å². The first-order chi connectivity index (χ1) is 13.0. The van der Waals surface area contributed by atoms with Gasteiger partial charge in [-0.1, -0.05) is 48.5 Å². The number of nitrogens with zero attached hydrogens (tertiary/aromatic N) is 2. The smallest absolute Gasteiger partial charge is 0.274 e. The van der Waals surface area contributed by atoms with Gasteiger partial charge in [0.25, 0.3) is 5.91 Å². The average Bonchev–Trinajstić information content (AvgIpc) is 2.68. The number of benzene rings is 2. The minimum absolute atomic E-state index is 0.199. The highest BCUT2D eigenvalue weighted by Crippen LogP contribution is 2.21. The fourth-order valence-electron chi connectivity index (χ4n) is 2.97. The Morgan fingerprint density at radius 1 is 1.04 bits per heavy atom. The van der Waals surface area contributed by atoms with E-state index in [4.69, 9.17) is 0 Å². The molecule has 4 heteroatoms. The number of hydrogen-bond donors (Lipinski definition) is 1. The molecule has 0 saturated heterocycles. The van der Waals surface area contributed by atoms with E-state index in [0.717, 1.165) is 23.5 Å². The van der Waals surface area contributed by atoms with E-state index < -0.39 is 0 Å². The maximum absolute atomic E-state index is 12.7. The van der Waals surface area contributed by atoms with Crippen LogP contribution in [0.15, 0.2) is 72.9 Å². The summed E-state index contributed by atoms with van der Waals surface area (Å²) >= 11 is 0.